The number of aromatic carboxylic acids is 1. The number of ether oxygens (including phenoxy) is 1. The number of hydrogen-bond acceptors (Lipinski definition) is 5. The standard InChI is InChI=1S/C29H20Cl4N2O5S/c1-40-18-9-5-8-17(14-18)35-28(37)26(15-6-3-2-4-7-15)41-19-12-10-16(11-13-19)34-27(36)20-21(29(38)39)23(31)25(33)24(32)22(20)30/h2-14,26H,1H3,(H,34,36)(H,35,37)(H,38,39). The molecule has 1 unspecified atom stereocenters. The van der Waals surface area contributed by atoms with Crippen LogP contribution in [0.3, 0.4) is 0 Å². The lowest BCUT2D eigenvalue weighted by molar-refractivity contribution is -0.115. The Labute approximate surface area is 259 Å². The summed E-state index contributed by atoms with van der Waals surface area (Å²) < 4.78 is 5.24. The molecule has 0 fully saturated rings. The fourth-order valence-electron chi connectivity index (χ4n) is 3.80. The summed E-state index contributed by atoms with van der Waals surface area (Å²) in [7, 11) is 1.55. The highest BCUT2D eigenvalue weighted by atomic mass is 35.5. The fourth-order valence-corrected chi connectivity index (χ4v) is 5.85. The minimum absolute atomic E-state index is 0.237. The average Bonchev–Trinajstić information content (AvgIpc) is 2.97. The maximum absolute atomic E-state index is 13.4. The van der Waals surface area contributed by atoms with E-state index in [1.807, 2.05) is 30.3 Å². The van der Waals surface area contributed by atoms with Crippen LogP contribution in [0, 0.1) is 0 Å². The summed E-state index contributed by atoms with van der Waals surface area (Å²) in [6, 6.07) is 23.0. The van der Waals surface area contributed by atoms with E-state index in [1.54, 1.807) is 55.6 Å². The zero-order valence-electron chi connectivity index (χ0n) is 21.1. The minimum atomic E-state index is -1.49. The molecular formula is C29H20Cl4N2O5S. The Hall–Kier alpha value is -3.40. The van der Waals surface area contributed by atoms with Gasteiger partial charge in [0.25, 0.3) is 5.91 Å². The number of amides is 2. The molecule has 0 heterocycles. The van der Waals surface area contributed by atoms with E-state index in [0.29, 0.717) is 17.1 Å². The molecule has 0 aliphatic heterocycles. The van der Waals surface area contributed by atoms with E-state index in [1.165, 1.54) is 11.8 Å². The molecular weight excluding hydrogens is 630 g/mol. The van der Waals surface area contributed by atoms with Crippen LogP contribution in [0.1, 0.15) is 31.5 Å². The van der Waals surface area contributed by atoms with Gasteiger partial charge in [0, 0.05) is 22.3 Å². The van der Waals surface area contributed by atoms with Gasteiger partial charge in [-0.2, -0.15) is 0 Å². The minimum Gasteiger partial charge on any atom is -0.497 e. The molecule has 4 aromatic carbocycles. The molecule has 0 aromatic heterocycles. The molecule has 0 aliphatic rings. The van der Waals surface area contributed by atoms with Gasteiger partial charge in [0.2, 0.25) is 5.91 Å². The smallest absolute Gasteiger partial charge is 0.338 e. The van der Waals surface area contributed by atoms with Crippen molar-refractivity contribution in [3.05, 3.63) is 116 Å². The van der Waals surface area contributed by atoms with Crippen molar-refractivity contribution in [2.45, 2.75) is 10.1 Å². The van der Waals surface area contributed by atoms with E-state index in [2.05, 4.69) is 10.6 Å². The third kappa shape index (κ3) is 7.09. The number of carboxylic acid groups (broad SMARTS) is 1. The van der Waals surface area contributed by atoms with Crippen molar-refractivity contribution in [1.82, 2.24) is 0 Å². The molecule has 0 saturated carbocycles. The lowest BCUT2D eigenvalue weighted by atomic mass is 10.1. The predicted molar refractivity (Wildman–Crippen MR) is 165 cm³/mol. The average molecular weight is 650 g/mol. The lowest BCUT2D eigenvalue weighted by Gasteiger charge is -2.18. The van der Waals surface area contributed by atoms with Crippen LogP contribution in [0.25, 0.3) is 0 Å². The number of anilines is 2. The van der Waals surface area contributed by atoms with Gasteiger partial charge in [-0.05, 0) is 42.0 Å². The van der Waals surface area contributed by atoms with E-state index in [9.17, 15) is 19.5 Å². The van der Waals surface area contributed by atoms with E-state index in [4.69, 9.17) is 51.1 Å². The summed E-state index contributed by atoms with van der Waals surface area (Å²) in [4.78, 5) is 39.0. The monoisotopic (exact) mass is 648 g/mol. The van der Waals surface area contributed by atoms with Crippen molar-refractivity contribution < 1.29 is 24.2 Å². The van der Waals surface area contributed by atoms with Gasteiger partial charge in [-0.1, -0.05) is 82.8 Å². The van der Waals surface area contributed by atoms with Crippen molar-refractivity contribution in [2.24, 2.45) is 0 Å². The molecule has 0 saturated heterocycles. The Bertz CT molecular complexity index is 1620. The summed E-state index contributed by atoms with van der Waals surface area (Å²) in [6.07, 6.45) is 0. The predicted octanol–water partition coefficient (Wildman–Crippen LogP) is 8.73. The normalized spacial score (nSPS) is 11.4. The van der Waals surface area contributed by atoms with Crippen molar-refractivity contribution in [3.8, 4) is 5.75 Å². The molecule has 41 heavy (non-hydrogen) atoms. The summed E-state index contributed by atoms with van der Waals surface area (Å²) >= 11 is 25.6. The van der Waals surface area contributed by atoms with Crippen LogP contribution in [0.5, 0.6) is 5.75 Å². The van der Waals surface area contributed by atoms with Crippen LogP contribution in [-0.4, -0.2) is 30.0 Å². The number of methoxy groups -OCH3 is 1. The first-order valence-electron chi connectivity index (χ1n) is 11.8. The topological polar surface area (TPSA) is 105 Å². The summed E-state index contributed by atoms with van der Waals surface area (Å²) in [5.41, 5.74) is 0.739. The van der Waals surface area contributed by atoms with Gasteiger partial charge in [0.05, 0.1) is 38.3 Å². The highest BCUT2D eigenvalue weighted by Gasteiger charge is 2.29. The second-order valence-electron chi connectivity index (χ2n) is 8.42. The first-order valence-corrected chi connectivity index (χ1v) is 14.2. The quantitative estimate of drug-likeness (QED) is 0.0951. The first-order chi connectivity index (χ1) is 19.6. The van der Waals surface area contributed by atoms with Crippen molar-refractivity contribution >= 4 is 87.3 Å². The Morgan fingerprint density at radius 1 is 0.756 bits per heavy atom. The SMILES string of the molecule is COc1cccc(NC(=O)C(Sc2ccc(NC(=O)c3c(Cl)c(Cl)c(Cl)c(Cl)c3C(=O)O)cc2)c2ccccc2)c1. The highest BCUT2D eigenvalue weighted by molar-refractivity contribution is 8.00. The summed E-state index contributed by atoms with van der Waals surface area (Å²) in [5.74, 6) is -1.96. The maximum atomic E-state index is 13.4. The third-order valence-electron chi connectivity index (χ3n) is 5.75. The number of carbonyl (C=O) groups excluding carboxylic acids is 2. The van der Waals surface area contributed by atoms with Gasteiger partial charge in [-0.25, -0.2) is 4.79 Å². The molecule has 0 aliphatic carbocycles. The van der Waals surface area contributed by atoms with Crippen molar-refractivity contribution in [1.29, 1.82) is 0 Å². The second-order valence-corrected chi connectivity index (χ2v) is 11.1. The van der Waals surface area contributed by atoms with E-state index >= 15 is 0 Å². The third-order valence-corrected chi connectivity index (χ3v) is 8.82. The van der Waals surface area contributed by atoms with Gasteiger partial charge < -0.3 is 20.5 Å². The fraction of sp³-hybridized carbons (Fsp3) is 0.0690. The molecule has 7 nitrogen and oxygen atoms in total. The van der Waals surface area contributed by atoms with Gasteiger partial charge >= 0.3 is 5.97 Å². The van der Waals surface area contributed by atoms with Crippen LogP contribution in [0.2, 0.25) is 20.1 Å². The molecule has 1 atom stereocenters. The summed E-state index contributed by atoms with van der Waals surface area (Å²) in [6.45, 7) is 0. The number of carbonyl (C=O) groups is 3. The number of hydrogen-bond donors (Lipinski definition) is 3. The molecule has 210 valence electrons. The van der Waals surface area contributed by atoms with E-state index in [0.717, 1.165) is 10.5 Å². The molecule has 2 amide bonds. The van der Waals surface area contributed by atoms with Gasteiger partial charge in [0.15, 0.2) is 0 Å². The van der Waals surface area contributed by atoms with Crippen LogP contribution >= 0.6 is 58.2 Å². The molecule has 4 rings (SSSR count). The van der Waals surface area contributed by atoms with E-state index in [-0.39, 0.29) is 21.0 Å². The Morgan fingerprint density at radius 3 is 2.00 bits per heavy atom. The van der Waals surface area contributed by atoms with Crippen molar-refractivity contribution in [3.63, 3.8) is 0 Å². The van der Waals surface area contributed by atoms with Gasteiger partial charge in [0.1, 0.15) is 11.0 Å². The number of halogens is 4. The van der Waals surface area contributed by atoms with Crippen molar-refractivity contribution in [2.75, 3.05) is 17.7 Å². The van der Waals surface area contributed by atoms with Crippen LogP contribution in [-0.2, 0) is 4.79 Å². The maximum Gasteiger partial charge on any atom is 0.338 e. The zero-order chi connectivity index (χ0) is 29.7. The van der Waals surface area contributed by atoms with Gasteiger partial charge in [-0.3, -0.25) is 9.59 Å². The van der Waals surface area contributed by atoms with Crippen LogP contribution in [0.15, 0.2) is 83.8 Å². The Morgan fingerprint density at radius 2 is 1.39 bits per heavy atom. The number of thioether (sulfide) groups is 1. The summed E-state index contributed by atoms with van der Waals surface area (Å²) in [5, 5.41) is 13.3. The number of benzene rings is 4. The number of carboxylic acids is 1. The Kier molecular flexibility index (Phi) is 10.1. The molecule has 3 N–H and O–H groups in total. The highest BCUT2D eigenvalue weighted by Crippen LogP contribution is 2.42. The van der Waals surface area contributed by atoms with Crippen LogP contribution in [0.4, 0.5) is 11.4 Å². The molecule has 0 spiro atoms. The zero-order valence-corrected chi connectivity index (χ0v) is 24.9. The molecule has 12 heteroatoms. The first kappa shape index (κ1) is 30.6. The van der Waals surface area contributed by atoms with Crippen LogP contribution < -0.4 is 15.4 Å². The number of rotatable bonds is 9. The molecule has 4 aromatic rings. The van der Waals surface area contributed by atoms with E-state index < -0.39 is 33.3 Å². The molecule has 0 radical (unpaired) electrons. The number of nitrogens with one attached hydrogen (secondary N) is 2. The second kappa shape index (κ2) is 13.5. The largest absolute Gasteiger partial charge is 0.497 e. The lowest BCUT2D eigenvalue weighted by Crippen LogP contribution is -2.19. The van der Waals surface area contributed by atoms with Gasteiger partial charge in [-0.15, -0.1) is 11.8 Å². The Balaban J connectivity index is 1.55. The molecule has 0 bridgehead atoms.